The molecule has 0 saturated carbocycles. The fourth-order valence-electron chi connectivity index (χ4n) is 2.29. The zero-order valence-electron chi connectivity index (χ0n) is 11.6. The quantitative estimate of drug-likeness (QED) is 0.657. The molecule has 1 fully saturated rings. The van der Waals surface area contributed by atoms with Gasteiger partial charge in [-0.25, -0.2) is 9.97 Å². The topological polar surface area (TPSA) is 76.1 Å². The normalized spacial score (nSPS) is 16.2. The van der Waals surface area contributed by atoms with Gasteiger partial charge in [-0.2, -0.15) is 9.97 Å². The Labute approximate surface area is 127 Å². The summed E-state index contributed by atoms with van der Waals surface area (Å²) in [4.78, 5) is 19.0. The molecule has 3 heterocycles. The lowest BCUT2D eigenvalue weighted by atomic mass is 10.3. The Hall–Kier alpha value is -1.57. The lowest BCUT2D eigenvalue weighted by molar-refractivity contribution is 0.0378. The summed E-state index contributed by atoms with van der Waals surface area (Å²) in [5, 5.41) is 3.45. The number of hydrogen-bond acceptors (Lipinski definition) is 7. The lowest BCUT2D eigenvalue weighted by Crippen LogP contribution is -2.37. The second-order valence-electron chi connectivity index (χ2n) is 4.80. The average Bonchev–Trinajstić information content (AvgIpc) is 2.52. The number of nitrogens with zero attached hydrogens (tertiary/aromatic N) is 5. The van der Waals surface area contributed by atoms with Gasteiger partial charge in [-0.3, -0.25) is 4.90 Å². The van der Waals surface area contributed by atoms with Crippen LogP contribution in [-0.4, -0.2) is 64.2 Å². The van der Waals surface area contributed by atoms with Crippen LogP contribution in [0.15, 0.2) is 12.4 Å². The number of aromatic nitrogens is 4. The maximum absolute atomic E-state index is 5.91. The van der Waals surface area contributed by atoms with Gasteiger partial charge in [0.15, 0.2) is 17.0 Å². The van der Waals surface area contributed by atoms with E-state index in [0.29, 0.717) is 17.0 Å². The van der Waals surface area contributed by atoms with Gasteiger partial charge < -0.3 is 10.1 Å². The molecule has 0 aliphatic carbocycles. The zero-order valence-corrected chi connectivity index (χ0v) is 12.4. The summed E-state index contributed by atoms with van der Waals surface area (Å²) in [6.07, 6.45) is 4.23. The highest BCUT2D eigenvalue weighted by atomic mass is 35.5. The van der Waals surface area contributed by atoms with Crippen molar-refractivity contribution in [3.63, 3.8) is 0 Å². The standard InChI is InChI=1S/C13H17ClN6O/c14-13-18-11(10-12(19-13)17-4-3-15-10)16-2-1-5-20-6-8-21-9-7-20/h3-4H,1-2,5-9H2,(H,16,17,18,19). The molecule has 7 nitrogen and oxygen atoms in total. The van der Waals surface area contributed by atoms with Crippen molar-refractivity contribution in [3.05, 3.63) is 17.7 Å². The molecule has 2 aromatic rings. The largest absolute Gasteiger partial charge is 0.379 e. The molecule has 0 aromatic carbocycles. The summed E-state index contributed by atoms with van der Waals surface area (Å²) in [7, 11) is 0. The summed E-state index contributed by atoms with van der Waals surface area (Å²) in [6.45, 7) is 5.51. The van der Waals surface area contributed by atoms with E-state index >= 15 is 0 Å². The number of rotatable bonds is 5. The van der Waals surface area contributed by atoms with Crippen LogP contribution in [0.1, 0.15) is 6.42 Å². The van der Waals surface area contributed by atoms with Crippen molar-refractivity contribution in [2.75, 3.05) is 44.7 Å². The van der Waals surface area contributed by atoms with Gasteiger partial charge in [0.05, 0.1) is 13.2 Å². The van der Waals surface area contributed by atoms with Gasteiger partial charge in [0.1, 0.15) is 0 Å². The van der Waals surface area contributed by atoms with Gasteiger partial charge in [-0.05, 0) is 24.6 Å². The number of halogens is 1. The number of ether oxygens (including phenoxy) is 1. The fraction of sp³-hybridized carbons (Fsp3) is 0.538. The predicted octanol–water partition coefficient (Wildman–Crippen LogP) is 1.21. The minimum Gasteiger partial charge on any atom is -0.379 e. The van der Waals surface area contributed by atoms with E-state index in [1.807, 2.05) is 0 Å². The minimum atomic E-state index is 0.179. The molecule has 8 heteroatoms. The maximum Gasteiger partial charge on any atom is 0.226 e. The van der Waals surface area contributed by atoms with E-state index in [2.05, 4.69) is 30.2 Å². The third-order valence-corrected chi connectivity index (χ3v) is 3.52. The Morgan fingerprint density at radius 3 is 2.86 bits per heavy atom. The number of nitrogens with one attached hydrogen (secondary N) is 1. The summed E-state index contributed by atoms with van der Waals surface area (Å²) in [5.74, 6) is 0.639. The highest BCUT2D eigenvalue weighted by molar-refractivity contribution is 6.28. The highest BCUT2D eigenvalue weighted by Gasteiger charge is 2.10. The van der Waals surface area contributed by atoms with Gasteiger partial charge >= 0.3 is 0 Å². The van der Waals surface area contributed by atoms with Gasteiger partial charge in [0.25, 0.3) is 0 Å². The van der Waals surface area contributed by atoms with E-state index in [0.717, 1.165) is 45.8 Å². The molecular formula is C13H17ClN6O. The summed E-state index contributed by atoms with van der Waals surface area (Å²) in [6, 6.07) is 0. The molecule has 1 saturated heterocycles. The molecule has 2 aromatic heterocycles. The Balaban J connectivity index is 1.57. The van der Waals surface area contributed by atoms with Crippen LogP contribution in [0.5, 0.6) is 0 Å². The van der Waals surface area contributed by atoms with E-state index in [1.54, 1.807) is 12.4 Å². The van der Waals surface area contributed by atoms with Gasteiger partial charge in [0.2, 0.25) is 5.28 Å². The minimum absolute atomic E-state index is 0.179. The molecule has 1 aliphatic rings. The van der Waals surface area contributed by atoms with Crippen LogP contribution in [0.2, 0.25) is 5.28 Å². The molecule has 3 rings (SSSR count). The fourth-order valence-corrected chi connectivity index (χ4v) is 2.46. The molecule has 0 unspecified atom stereocenters. The first-order chi connectivity index (χ1) is 10.3. The third kappa shape index (κ3) is 3.75. The molecule has 0 atom stereocenters. The zero-order chi connectivity index (χ0) is 14.5. The molecule has 1 aliphatic heterocycles. The number of hydrogen-bond donors (Lipinski definition) is 1. The number of morpholine rings is 1. The van der Waals surface area contributed by atoms with Crippen LogP contribution < -0.4 is 5.32 Å². The Kier molecular flexibility index (Phi) is 4.74. The first kappa shape index (κ1) is 14.4. The molecule has 21 heavy (non-hydrogen) atoms. The van der Waals surface area contributed by atoms with E-state index in [1.165, 1.54) is 0 Å². The van der Waals surface area contributed by atoms with Crippen molar-refractivity contribution in [1.29, 1.82) is 0 Å². The maximum atomic E-state index is 5.91. The third-order valence-electron chi connectivity index (χ3n) is 3.35. The smallest absolute Gasteiger partial charge is 0.226 e. The van der Waals surface area contributed by atoms with Crippen LogP contribution in [0, 0.1) is 0 Å². The van der Waals surface area contributed by atoms with E-state index in [-0.39, 0.29) is 5.28 Å². The molecule has 0 spiro atoms. The molecule has 1 N–H and O–H groups in total. The predicted molar refractivity (Wildman–Crippen MR) is 80.5 cm³/mol. The van der Waals surface area contributed by atoms with Gasteiger partial charge in [0, 0.05) is 32.0 Å². The van der Waals surface area contributed by atoms with Crippen molar-refractivity contribution in [3.8, 4) is 0 Å². The van der Waals surface area contributed by atoms with Crippen molar-refractivity contribution in [1.82, 2.24) is 24.8 Å². The average molecular weight is 309 g/mol. The summed E-state index contributed by atoms with van der Waals surface area (Å²) >= 11 is 5.91. The van der Waals surface area contributed by atoms with Crippen LogP contribution in [0.3, 0.4) is 0 Å². The number of fused-ring (bicyclic) bond motifs is 1. The van der Waals surface area contributed by atoms with Gasteiger partial charge in [-0.1, -0.05) is 0 Å². The first-order valence-corrected chi connectivity index (χ1v) is 7.39. The Morgan fingerprint density at radius 1 is 1.19 bits per heavy atom. The highest BCUT2D eigenvalue weighted by Crippen LogP contribution is 2.17. The van der Waals surface area contributed by atoms with Gasteiger partial charge in [-0.15, -0.1) is 0 Å². The lowest BCUT2D eigenvalue weighted by Gasteiger charge is -2.26. The molecular weight excluding hydrogens is 292 g/mol. The second kappa shape index (κ2) is 6.93. The van der Waals surface area contributed by atoms with E-state index < -0.39 is 0 Å². The van der Waals surface area contributed by atoms with Crippen molar-refractivity contribution in [2.45, 2.75) is 6.42 Å². The molecule has 0 bridgehead atoms. The second-order valence-corrected chi connectivity index (χ2v) is 5.14. The van der Waals surface area contributed by atoms with Crippen LogP contribution in [-0.2, 0) is 4.74 Å². The Morgan fingerprint density at radius 2 is 2.00 bits per heavy atom. The molecule has 112 valence electrons. The molecule has 0 radical (unpaired) electrons. The first-order valence-electron chi connectivity index (χ1n) is 7.01. The van der Waals surface area contributed by atoms with Crippen molar-refractivity contribution < 1.29 is 4.74 Å². The monoisotopic (exact) mass is 308 g/mol. The summed E-state index contributed by atoms with van der Waals surface area (Å²) < 4.78 is 5.33. The number of anilines is 1. The van der Waals surface area contributed by atoms with Crippen LogP contribution >= 0.6 is 11.6 Å². The van der Waals surface area contributed by atoms with E-state index in [9.17, 15) is 0 Å². The van der Waals surface area contributed by atoms with Crippen LogP contribution in [0.25, 0.3) is 11.2 Å². The SMILES string of the molecule is Clc1nc(NCCCN2CCOCC2)c2nccnc2n1. The molecule has 0 amide bonds. The van der Waals surface area contributed by atoms with Crippen LogP contribution in [0.4, 0.5) is 5.82 Å². The van der Waals surface area contributed by atoms with Crippen molar-refractivity contribution in [2.24, 2.45) is 0 Å². The Bertz CT molecular complexity index is 604. The summed E-state index contributed by atoms with van der Waals surface area (Å²) in [5.41, 5.74) is 1.15. The van der Waals surface area contributed by atoms with E-state index in [4.69, 9.17) is 16.3 Å². The van der Waals surface area contributed by atoms with Crippen molar-refractivity contribution >= 4 is 28.6 Å².